The third kappa shape index (κ3) is 4.70. The largest absolute Gasteiger partial charge is 0.378 e. The Hall–Kier alpha value is -1.74. The molecule has 2 aromatic rings. The average molecular weight is 395 g/mol. The molecule has 3 rings (SSSR count). The van der Waals surface area contributed by atoms with Crippen molar-refractivity contribution in [1.29, 1.82) is 0 Å². The fourth-order valence-corrected chi connectivity index (χ4v) is 5.32. The second-order valence-corrected chi connectivity index (χ2v) is 9.11. The van der Waals surface area contributed by atoms with Crippen LogP contribution in [0.1, 0.15) is 5.56 Å². The van der Waals surface area contributed by atoms with Gasteiger partial charge < -0.3 is 9.64 Å². The van der Waals surface area contributed by atoms with Crippen molar-refractivity contribution in [1.82, 2.24) is 9.21 Å². The SMILES string of the molecule is O=C(CN(CCc1ccccc1)S(=O)(=O)c1cccs1)N1CCOCC1. The smallest absolute Gasteiger partial charge is 0.253 e. The first kappa shape index (κ1) is 19.0. The van der Waals surface area contributed by atoms with Crippen LogP contribution in [0.3, 0.4) is 0 Å². The monoisotopic (exact) mass is 394 g/mol. The molecule has 0 unspecified atom stereocenters. The minimum Gasteiger partial charge on any atom is -0.378 e. The van der Waals surface area contributed by atoms with Gasteiger partial charge in [-0.15, -0.1) is 11.3 Å². The molecule has 0 atom stereocenters. The van der Waals surface area contributed by atoms with Gasteiger partial charge in [0.25, 0.3) is 10.0 Å². The quantitative estimate of drug-likeness (QED) is 0.719. The highest BCUT2D eigenvalue weighted by molar-refractivity contribution is 7.91. The molecule has 26 heavy (non-hydrogen) atoms. The second kappa shape index (κ2) is 8.77. The van der Waals surface area contributed by atoms with E-state index in [-0.39, 0.29) is 23.2 Å². The summed E-state index contributed by atoms with van der Waals surface area (Å²) in [6, 6.07) is 13.0. The molecule has 0 saturated carbocycles. The molecule has 2 heterocycles. The van der Waals surface area contributed by atoms with Gasteiger partial charge in [0.15, 0.2) is 0 Å². The summed E-state index contributed by atoms with van der Waals surface area (Å²) < 4.78 is 32.8. The van der Waals surface area contributed by atoms with Gasteiger partial charge in [-0.05, 0) is 23.4 Å². The fourth-order valence-electron chi connectivity index (χ4n) is 2.78. The Morgan fingerprint density at radius 1 is 1.12 bits per heavy atom. The van der Waals surface area contributed by atoms with Crippen LogP contribution < -0.4 is 0 Å². The van der Waals surface area contributed by atoms with Crippen molar-refractivity contribution < 1.29 is 17.9 Å². The third-order valence-corrected chi connectivity index (χ3v) is 7.48. The van der Waals surface area contributed by atoms with Gasteiger partial charge in [-0.25, -0.2) is 8.42 Å². The lowest BCUT2D eigenvalue weighted by atomic mass is 10.1. The van der Waals surface area contributed by atoms with Crippen molar-refractivity contribution in [3.63, 3.8) is 0 Å². The van der Waals surface area contributed by atoms with E-state index in [4.69, 9.17) is 4.74 Å². The van der Waals surface area contributed by atoms with E-state index in [1.54, 1.807) is 22.4 Å². The molecule has 0 radical (unpaired) electrons. The summed E-state index contributed by atoms with van der Waals surface area (Å²) >= 11 is 1.17. The summed E-state index contributed by atoms with van der Waals surface area (Å²) in [7, 11) is -3.69. The van der Waals surface area contributed by atoms with E-state index >= 15 is 0 Å². The number of morpholine rings is 1. The zero-order chi connectivity index (χ0) is 18.4. The Balaban J connectivity index is 1.75. The van der Waals surface area contributed by atoms with Crippen LogP contribution >= 0.6 is 11.3 Å². The summed E-state index contributed by atoms with van der Waals surface area (Å²) in [5.41, 5.74) is 1.04. The van der Waals surface area contributed by atoms with E-state index in [2.05, 4.69) is 0 Å². The first-order valence-corrected chi connectivity index (χ1v) is 10.8. The van der Waals surface area contributed by atoms with Gasteiger partial charge in [0.2, 0.25) is 5.91 Å². The number of rotatable bonds is 7. The normalized spacial score (nSPS) is 15.3. The van der Waals surface area contributed by atoms with Gasteiger partial charge in [0, 0.05) is 19.6 Å². The van der Waals surface area contributed by atoms with E-state index in [9.17, 15) is 13.2 Å². The van der Waals surface area contributed by atoms with E-state index < -0.39 is 10.0 Å². The van der Waals surface area contributed by atoms with Gasteiger partial charge >= 0.3 is 0 Å². The summed E-state index contributed by atoms with van der Waals surface area (Å²) in [5, 5.41) is 1.73. The van der Waals surface area contributed by atoms with E-state index in [0.717, 1.165) is 5.56 Å². The summed E-state index contributed by atoms with van der Waals surface area (Å²) in [6.07, 6.45) is 0.557. The number of benzene rings is 1. The number of sulfonamides is 1. The fraction of sp³-hybridized carbons (Fsp3) is 0.389. The van der Waals surface area contributed by atoms with Crippen molar-refractivity contribution in [2.24, 2.45) is 0 Å². The maximum atomic E-state index is 13.0. The summed E-state index contributed by atoms with van der Waals surface area (Å²) in [4.78, 5) is 14.3. The Labute approximate surface area is 158 Å². The summed E-state index contributed by atoms with van der Waals surface area (Å²) in [6.45, 7) is 2.11. The Morgan fingerprint density at radius 3 is 2.50 bits per heavy atom. The zero-order valence-corrected chi connectivity index (χ0v) is 16.0. The zero-order valence-electron chi connectivity index (χ0n) is 14.4. The molecule has 6 nitrogen and oxygen atoms in total. The molecule has 1 aliphatic heterocycles. The van der Waals surface area contributed by atoms with Gasteiger partial charge in [0.05, 0.1) is 19.8 Å². The van der Waals surface area contributed by atoms with E-state index in [1.165, 1.54) is 15.6 Å². The molecule has 1 aliphatic rings. The van der Waals surface area contributed by atoms with Crippen LogP contribution in [0.15, 0.2) is 52.1 Å². The van der Waals surface area contributed by atoms with Gasteiger partial charge in [0.1, 0.15) is 4.21 Å². The molecule has 1 aromatic carbocycles. The molecule has 140 valence electrons. The van der Waals surface area contributed by atoms with Crippen LogP contribution in [0.2, 0.25) is 0 Å². The van der Waals surface area contributed by atoms with Crippen molar-refractivity contribution in [2.45, 2.75) is 10.6 Å². The van der Waals surface area contributed by atoms with Crippen LogP contribution in [0.25, 0.3) is 0 Å². The number of thiophene rings is 1. The standard InChI is InChI=1S/C18H22N2O4S2/c21-17(19-10-12-24-13-11-19)15-20(9-8-16-5-2-1-3-6-16)26(22,23)18-7-4-14-25-18/h1-7,14H,8-13,15H2. The predicted molar refractivity (Wildman–Crippen MR) is 101 cm³/mol. The highest BCUT2D eigenvalue weighted by atomic mass is 32.2. The van der Waals surface area contributed by atoms with Gasteiger partial charge in [-0.1, -0.05) is 36.4 Å². The molecule has 1 fully saturated rings. The van der Waals surface area contributed by atoms with E-state index in [1.807, 2.05) is 30.3 Å². The number of hydrogen-bond donors (Lipinski definition) is 0. The van der Waals surface area contributed by atoms with Crippen LogP contribution in [-0.2, 0) is 26.0 Å². The average Bonchev–Trinajstić information content (AvgIpc) is 3.22. The Morgan fingerprint density at radius 2 is 1.85 bits per heavy atom. The van der Waals surface area contributed by atoms with Crippen molar-refractivity contribution in [2.75, 3.05) is 39.4 Å². The predicted octanol–water partition coefficient (Wildman–Crippen LogP) is 1.84. The molecule has 0 bridgehead atoms. The topological polar surface area (TPSA) is 66.9 Å². The van der Waals surface area contributed by atoms with Crippen molar-refractivity contribution in [3.8, 4) is 0 Å². The molecule has 0 N–H and O–H groups in total. The maximum Gasteiger partial charge on any atom is 0.253 e. The number of nitrogens with zero attached hydrogens (tertiary/aromatic N) is 2. The van der Waals surface area contributed by atoms with Crippen LogP contribution in [0.4, 0.5) is 0 Å². The minimum atomic E-state index is -3.69. The number of ether oxygens (including phenoxy) is 1. The molecule has 1 amide bonds. The minimum absolute atomic E-state index is 0.146. The van der Waals surface area contributed by atoms with Crippen LogP contribution in [-0.4, -0.2) is 62.9 Å². The number of amides is 1. The lowest BCUT2D eigenvalue weighted by Gasteiger charge is -2.29. The maximum absolute atomic E-state index is 13.0. The Bertz CT molecular complexity index is 801. The summed E-state index contributed by atoms with van der Waals surface area (Å²) in [5.74, 6) is -0.179. The van der Waals surface area contributed by atoms with Crippen molar-refractivity contribution >= 4 is 27.3 Å². The molecular weight excluding hydrogens is 372 g/mol. The molecular formula is C18H22N2O4S2. The molecule has 1 saturated heterocycles. The molecule has 0 spiro atoms. The molecule has 0 aliphatic carbocycles. The number of carbonyl (C=O) groups excluding carboxylic acids is 1. The molecule has 1 aromatic heterocycles. The lowest BCUT2D eigenvalue weighted by Crippen LogP contribution is -2.47. The van der Waals surface area contributed by atoms with Crippen LogP contribution in [0.5, 0.6) is 0 Å². The van der Waals surface area contributed by atoms with E-state index in [0.29, 0.717) is 32.7 Å². The highest BCUT2D eigenvalue weighted by Crippen LogP contribution is 2.21. The third-order valence-electron chi connectivity index (χ3n) is 4.26. The molecule has 8 heteroatoms. The van der Waals surface area contributed by atoms with Gasteiger partial charge in [-0.3, -0.25) is 4.79 Å². The van der Waals surface area contributed by atoms with Crippen molar-refractivity contribution in [3.05, 3.63) is 53.4 Å². The number of carbonyl (C=O) groups is 1. The second-order valence-electron chi connectivity index (χ2n) is 6.00. The highest BCUT2D eigenvalue weighted by Gasteiger charge is 2.29. The number of hydrogen-bond acceptors (Lipinski definition) is 5. The lowest BCUT2D eigenvalue weighted by molar-refractivity contribution is -0.135. The first-order valence-electron chi connectivity index (χ1n) is 8.50. The van der Waals surface area contributed by atoms with Gasteiger partial charge in [-0.2, -0.15) is 4.31 Å². The Kier molecular flexibility index (Phi) is 6.42. The first-order chi connectivity index (χ1) is 12.6. The van der Waals surface area contributed by atoms with Crippen LogP contribution in [0, 0.1) is 0 Å².